The minimum atomic E-state index is -1.18. The molecule has 0 spiro atoms. The van der Waals surface area contributed by atoms with Gasteiger partial charge >= 0.3 is 36.1 Å². The zero-order valence-corrected chi connectivity index (χ0v) is 31.3. The lowest BCUT2D eigenvalue weighted by Crippen LogP contribution is -2.41. The van der Waals surface area contributed by atoms with Crippen molar-refractivity contribution in [2.45, 2.75) is 63.1 Å². The summed E-state index contributed by atoms with van der Waals surface area (Å²) < 4.78 is 10.1. The Bertz CT molecular complexity index is 1280. The molecule has 0 saturated heterocycles. The van der Waals surface area contributed by atoms with E-state index in [4.69, 9.17) is 31.2 Å². The standard InChI is InChI=1S/C24H28N2O8S2.C8H16N2O4S2/c27-21(28)19(25-23(31)33-15-17-7-3-1-4-8-17)11-13-35-36-14-12-20(22(29)30)26-24(32)34-16-18-9-5-2-6-10-18;9-5(7(11)12)1-3-15-16-4-2-6(10)8(13)14/h1-10,19-20H,11-16H2,(H,25,31)(H,26,32)(H,27,28)(H,29,30);5-6H,1-4,9-10H2,(H,11,12)(H,13,14)/t19-,20-;5-,6-/m00/s1. The molecule has 0 radical (unpaired) electrons. The number of amides is 2. The van der Waals surface area contributed by atoms with Crippen LogP contribution in [-0.2, 0) is 41.9 Å². The summed E-state index contributed by atoms with van der Waals surface area (Å²) in [5.74, 6) is -2.32. The van der Waals surface area contributed by atoms with Gasteiger partial charge in [-0.3, -0.25) is 9.59 Å². The molecule has 16 nitrogen and oxygen atoms in total. The molecule has 2 aromatic carbocycles. The smallest absolute Gasteiger partial charge is 0.408 e. The largest absolute Gasteiger partial charge is 0.480 e. The van der Waals surface area contributed by atoms with Gasteiger partial charge in [-0.15, -0.1) is 0 Å². The van der Waals surface area contributed by atoms with Gasteiger partial charge in [0.05, 0.1) is 0 Å². The molecule has 0 heterocycles. The molecule has 0 saturated carbocycles. The highest BCUT2D eigenvalue weighted by molar-refractivity contribution is 8.77. The molecule has 2 rings (SSSR count). The number of carbonyl (C=O) groups excluding carboxylic acids is 2. The van der Waals surface area contributed by atoms with E-state index in [-0.39, 0.29) is 26.1 Å². The lowest BCUT2D eigenvalue weighted by Gasteiger charge is -2.15. The Kier molecular flexibility index (Phi) is 24.7. The summed E-state index contributed by atoms with van der Waals surface area (Å²) in [6, 6.07) is 14.1. The predicted molar refractivity (Wildman–Crippen MR) is 202 cm³/mol. The Morgan fingerprint density at radius 2 is 0.827 bits per heavy atom. The highest BCUT2D eigenvalue weighted by Gasteiger charge is 2.22. The summed E-state index contributed by atoms with van der Waals surface area (Å²) in [5.41, 5.74) is 12.2. The number of hydrogen-bond acceptors (Lipinski definition) is 14. The molecule has 10 N–H and O–H groups in total. The molecule has 20 heteroatoms. The van der Waals surface area contributed by atoms with Crippen molar-refractivity contribution in [3.63, 3.8) is 0 Å². The van der Waals surface area contributed by atoms with Gasteiger partial charge in [0.15, 0.2) is 0 Å². The number of benzene rings is 2. The monoisotopic (exact) mass is 804 g/mol. The number of aliphatic carboxylic acids is 4. The van der Waals surface area contributed by atoms with Gasteiger partial charge in [-0.2, -0.15) is 0 Å². The van der Waals surface area contributed by atoms with Crippen molar-refractivity contribution in [2.24, 2.45) is 11.5 Å². The average Bonchev–Trinajstić information content (AvgIpc) is 3.12. The van der Waals surface area contributed by atoms with Crippen LogP contribution in [0, 0.1) is 0 Å². The number of nitrogens with one attached hydrogen (secondary N) is 2. The van der Waals surface area contributed by atoms with Crippen molar-refractivity contribution < 1.29 is 58.7 Å². The van der Waals surface area contributed by atoms with Crippen LogP contribution < -0.4 is 22.1 Å². The van der Waals surface area contributed by atoms with E-state index in [0.29, 0.717) is 35.9 Å². The quantitative estimate of drug-likeness (QED) is 0.0552. The Balaban J connectivity index is 0.000000710. The summed E-state index contributed by atoms with van der Waals surface area (Å²) in [4.78, 5) is 67.4. The fourth-order valence-electron chi connectivity index (χ4n) is 3.49. The summed E-state index contributed by atoms with van der Waals surface area (Å²) in [6.45, 7) is 0.0599. The van der Waals surface area contributed by atoms with E-state index >= 15 is 0 Å². The molecule has 2 amide bonds. The van der Waals surface area contributed by atoms with Gasteiger partial charge in [-0.1, -0.05) is 104 Å². The fourth-order valence-corrected chi connectivity index (χ4v) is 7.90. The topological polar surface area (TPSA) is 278 Å². The third-order valence-corrected chi connectivity index (χ3v) is 11.4. The second-order valence-electron chi connectivity index (χ2n) is 10.5. The summed E-state index contributed by atoms with van der Waals surface area (Å²) >= 11 is 0. The van der Waals surface area contributed by atoms with Crippen LogP contribution in [0.15, 0.2) is 60.7 Å². The third kappa shape index (κ3) is 22.9. The third-order valence-electron chi connectivity index (χ3n) is 6.41. The molecule has 0 aromatic heterocycles. The highest BCUT2D eigenvalue weighted by Crippen LogP contribution is 2.24. The van der Waals surface area contributed by atoms with Crippen molar-refractivity contribution in [2.75, 3.05) is 23.0 Å². The SMILES string of the molecule is N[C@@H](CCSSCC[C@H](N)C(=O)O)C(=O)O.O=C(N[C@@H](CCSSCC[C@H](NC(=O)OCc1ccccc1)C(=O)O)C(=O)O)OCc1ccccc1. The van der Waals surface area contributed by atoms with Crippen LogP contribution in [0.5, 0.6) is 0 Å². The van der Waals surface area contributed by atoms with E-state index in [1.807, 2.05) is 12.1 Å². The first-order valence-electron chi connectivity index (χ1n) is 15.7. The number of carboxylic acids is 4. The van der Waals surface area contributed by atoms with E-state index in [0.717, 1.165) is 11.1 Å². The molecule has 0 aliphatic carbocycles. The van der Waals surface area contributed by atoms with Crippen molar-refractivity contribution in [3.8, 4) is 0 Å². The van der Waals surface area contributed by atoms with E-state index < -0.39 is 60.2 Å². The van der Waals surface area contributed by atoms with Gasteiger partial charge in [-0.05, 0) is 36.8 Å². The van der Waals surface area contributed by atoms with Gasteiger partial charge in [-0.25, -0.2) is 19.2 Å². The summed E-state index contributed by atoms with van der Waals surface area (Å²) in [7, 11) is 5.64. The Morgan fingerprint density at radius 1 is 0.519 bits per heavy atom. The summed E-state index contributed by atoms with van der Waals surface area (Å²) in [6.07, 6.45) is -0.535. The molecule has 0 aliphatic heterocycles. The fraction of sp³-hybridized carbons (Fsp3) is 0.438. The molecule has 4 atom stereocenters. The van der Waals surface area contributed by atoms with Crippen LogP contribution in [0.2, 0.25) is 0 Å². The predicted octanol–water partition coefficient (Wildman–Crippen LogP) is 3.88. The zero-order chi connectivity index (χ0) is 38.7. The van der Waals surface area contributed by atoms with Crippen LogP contribution in [0.25, 0.3) is 0 Å². The molecule has 0 aliphatic rings. The average molecular weight is 805 g/mol. The molecular formula is C32H44N4O12S4. The van der Waals surface area contributed by atoms with E-state index in [9.17, 15) is 39.0 Å². The molecule has 288 valence electrons. The van der Waals surface area contributed by atoms with Crippen molar-refractivity contribution >= 4 is 79.2 Å². The number of ether oxygens (including phenoxy) is 2. The second-order valence-corrected chi connectivity index (χ2v) is 15.9. The van der Waals surface area contributed by atoms with Crippen molar-refractivity contribution in [1.82, 2.24) is 10.6 Å². The van der Waals surface area contributed by atoms with Gasteiger partial charge in [0.1, 0.15) is 37.4 Å². The normalized spacial score (nSPS) is 12.8. The molecule has 52 heavy (non-hydrogen) atoms. The molecule has 2 aromatic rings. The minimum Gasteiger partial charge on any atom is -0.480 e. The van der Waals surface area contributed by atoms with Crippen molar-refractivity contribution in [3.05, 3.63) is 71.8 Å². The maximum absolute atomic E-state index is 11.9. The first kappa shape index (κ1) is 46.2. The Morgan fingerprint density at radius 3 is 1.12 bits per heavy atom. The van der Waals surface area contributed by atoms with Gasteiger partial charge in [0.2, 0.25) is 0 Å². The van der Waals surface area contributed by atoms with Crippen molar-refractivity contribution in [1.29, 1.82) is 0 Å². The molecule has 0 fully saturated rings. The van der Waals surface area contributed by atoms with Crippen LogP contribution in [0.4, 0.5) is 9.59 Å². The molecule has 0 bridgehead atoms. The van der Waals surface area contributed by atoms with Crippen LogP contribution in [-0.4, -0.2) is 104 Å². The van der Waals surface area contributed by atoms with Crippen LogP contribution in [0.1, 0.15) is 36.8 Å². The van der Waals surface area contributed by atoms with E-state index in [1.165, 1.54) is 43.2 Å². The number of hydrogen-bond donors (Lipinski definition) is 8. The van der Waals surface area contributed by atoms with E-state index in [1.54, 1.807) is 48.5 Å². The number of rotatable bonds is 24. The lowest BCUT2D eigenvalue weighted by molar-refractivity contribution is -0.140. The van der Waals surface area contributed by atoms with Gasteiger partial charge in [0.25, 0.3) is 0 Å². The maximum atomic E-state index is 11.9. The number of carbonyl (C=O) groups is 6. The Hall–Kier alpha value is -3.82. The Labute approximate surface area is 316 Å². The summed E-state index contributed by atoms with van der Waals surface area (Å²) in [5, 5.41) is 40.3. The number of nitrogens with two attached hydrogens (primary N) is 2. The maximum Gasteiger partial charge on any atom is 0.408 e. The first-order chi connectivity index (χ1) is 24.8. The molecular weight excluding hydrogens is 761 g/mol. The van der Waals surface area contributed by atoms with Crippen LogP contribution >= 0.6 is 43.2 Å². The number of carboxylic acid groups (broad SMARTS) is 4. The minimum absolute atomic E-state index is 0.0300. The first-order valence-corrected chi connectivity index (χ1v) is 20.6. The lowest BCUT2D eigenvalue weighted by atomic mass is 10.2. The molecule has 0 unspecified atom stereocenters. The van der Waals surface area contributed by atoms with Crippen LogP contribution in [0.3, 0.4) is 0 Å². The van der Waals surface area contributed by atoms with E-state index in [2.05, 4.69) is 10.6 Å². The number of alkyl carbamates (subject to hydrolysis) is 2. The van der Waals surface area contributed by atoms with Gasteiger partial charge < -0.3 is 52.0 Å². The van der Waals surface area contributed by atoms with Gasteiger partial charge in [0, 0.05) is 23.0 Å². The second kappa shape index (κ2) is 27.8. The highest BCUT2D eigenvalue weighted by atomic mass is 33.1. The zero-order valence-electron chi connectivity index (χ0n) is 28.0.